The fraction of sp³-hybridized carbons (Fsp3) is 0.333. The van der Waals surface area contributed by atoms with Crippen LogP contribution in [0.1, 0.15) is 47.9 Å². The lowest BCUT2D eigenvalue weighted by Crippen LogP contribution is -2.14. The number of anilines is 2. The minimum Gasteiger partial charge on any atom is -0.354 e. The van der Waals surface area contributed by atoms with Gasteiger partial charge >= 0.3 is 0 Å². The van der Waals surface area contributed by atoms with Crippen LogP contribution in [-0.4, -0.2) is 28.2 Å². The van der Waals surface area contributed by atoms with Crippen LogP contribution in [0.4, 0.5) is 11.6 Å². The van der Waals surface area contributed by atoms with Crippen LogP contribution in [0.25, 0.3) is 0 Å². The lowest BCUT2D eigenvalue weighted by Gasteiger charge is -2.08. The Balaban J connectivity index is 1.97. The van der Waals surface area contributed by atoms with Crippen LogP contribution in [0.2, 0.25) is 0 Å². The first-order valence-corrected chi connectivity index (χ1v) is 7.94. The average molecular weight is 326 g/mol. The van der Waals surface area contributed by atoms with Crippen molar-refractivity contribution < 1.29 is 9.59 Å². The van der Waals surface area contributed by atoms with Gasteiger partial charge in [0.15, 0.2) is 5.78 Å². The van der Waals surface area contributed by atoms with Gasteiger partial charge in [-0.05, 0) is 31.4 Å². The third-order valence-electron chi connectivity index (χ3n) is 3.45. The topological polar surface area (TPSA) is 84.0 Å². The Morgan fingerprint density at radius 2 is 1.83 bits per heavy atom. The number of carbonyl (C=O) groups is 2. The summed E-state index contributed by atoms with van der Waals surface area (Å²) in [7, 11) is 0. The van der Waals surface area contributed by atoms with Gasteiger partial charge in [-0.3, -0.25) is 9.59 Å². The summed E-state index contributed by atoms with van der Waals surface area (Å²) < 4.78 is 0. The molecule has 1 amide bonds. The van der Waals surface area contributed by atoms with E-state index in [4.69, 9.17) is 0 Å². The molecule has 0 atom stereocenters. The predicted octanol–water partition coefficient (Wildman–Crippen LogP) is 3.39. The van der Waals surface area contributed by atoms with Crippen LogP contribution in [0.5, 0.6) is 0 Å². The molecule has 0 radical (unpaired) electrons. The molecular weight excluding hydrogens is 304 g/mol. The monoisotopic (exact) mass is 326 g/mol. The number of nitrogens with one attached hydrogen (secondary N) is 2. The van der Waals surface area contributed by atoms with Crippen molar-refractivity contribution in [3.8, 4) is 0 Å². The van der Waals surface area contributed by atoms with Crippen LogP contribution in [0.3, 0.4) is 0 Å². The van der Waals surface area contributed by atoms with E-state index in [-0.39, 0.29) is 11.7 Å². The van der Waals surface area contributed by atoms with Crippen LogP contribution in [0, 0.1) is 5.92 Å². The zero-order chi connectivity index (χ0) is 17.5. The Labute approximate surface area is 141 Å². The highest BCUT2D eigenvalue weighted by atomic mass is 16.1. The van der Waals surface area contributed by atoms with Gasteiger partial charge in [0, 0.05) is 30.2 Å². The van der Waals surface area contributed by atoms with Crippen molar-refractivity contribution in [3.05, 3.63) is 47.8 Å². The molecule has 0 aliphatic carbocycles. The predicted molar refractivity (Wildman–Crippen MR) is 94.4 cm³/mol. The van der Waals surface area contributed by atoms with Gasteiger partial charge in [0.05, 0.1) is 5.56 Å². The number of carbonyl (C=O) groups excluding carboxylic acids is 2. The van der Waals surface area contributed by atoms with Gasteiger partial charge < -0.3 is 10.6 Å². The molecule has 0 unspecified atom stereocenters. The third kappa shape index (κ3) is 5.15. The average Bonchev–Trinajstić information content (AvgIpc) is 2.55. The second-order valence-electron chi connectivity index (χ2n) is 6.00. The first kappa shape index (κ1) is 17.6. The zero-order valence-electron chi connectivity index (χ0n) is 14.2. The zero-order valence-corrected chi connectivity index (χ0v) is 14.2. The molecule has 0 bridgehead atoms. The molecule has 126 valence electrons. The normalized spacial score (nSPS) is 10.5. The Morgan fingerprint density at radius 1 is 1.12 bits per heavy atom. The second kappa shape index (κ2) is 8.19. The summed E-state index contributed by atoms with van der Waals surface area (Å²) in [5.41, 5.74) is 1.47. The number of rotatable bonds is 7. The number of hydrogen-bond donors (Lipinski definition) is 2. The van der Waals surface area contributed by atoms with E-state index in [0.29, 0.717) is 28.7 Å². The van der Waals surface area contributed by atoms with E-state index in [1.807, 2.05) is 0 Å². The molecule has 0 fully saturated rings. The first-order chi connectivity index (χ1) is 11.5. The van der Waals surface area contributed by atoms with Crippen molar-refractivity contribution in [1.82, 2.24) is 9.97 Å². The van der Waals surface area contributed by atoms with Crippen molar-refractivity contribution in [2.75, 3.05) is 17.2 Å². The van der Waals surface area contributed by atoms with Crippen LogP contribution >= 0.6 is 0 Å². The minimum atomic E-state index is -0.315. The molecule has 2 N–H and O–H groups in total. The van der Waals surface area contributed by atoms with Crippen molar-refractivity contribution in [3.63, 3.8) is 0 Å². The Morgan fingerprint density at radius 3 is 2.46 bits per heavy atom. The first-order valence-electron chi connectivity index (χ1n) is 7.94. The molecule has 6 heteroatoms. The maximum Gasteiger partial charge on any atom is 0.258 e. The number of ketones is 1. The summed E-state index contributed by atoms with van der Waals surface area (Å²) in [5, 5.41) is 5.86. The molecule has 0 saturated heterocycles. The maximum absolute atomic E-state index is 12.2. The number of benzene rings is 1. The summed E-state index contributed by atoms with van der Waals surface area (Å²) in [6.07, 6.45) is 3.99. The van der Waals surface area contributed by atoms with Gasteiger partial charge in [-0.25, -0.2) is 9.97 Å². The highest BCUT2D eigenvalue weighted by Crippen LogP contribution is 2.13. The highest BCUT2D eigenvalue weighted by Gasteiger charge is 2.09. The molecule has 24 heavy (non-hydrogen) atoms. The van der Waals surface area contributed by atoms with Crippen molar-refractivity contribution in [2.24, 2.45) is 5.92 Å². The van der Waals surface area contributed by atoms with Crippen LogP contribution < -0.4 is 10.6 Å². The largest absolute Gasteiger partial charge is 0.354 e. The summed E-state index contributed by atoms with van der Waals surface area (Å²) in [6, 6.07) is 6.80. The molecule has 0 aliphatic rings. The van der Waals surface area contributed by atoms with Gasteiger partial charge in [-0.2, -0.15) is 0 Å². The lowest BCUT2D eigenvalue weighted by atomic mass is 10.1. The minimum absolute atomic E-state index is 0.0498. The molecule has 2 aromatic rings. The number of aromatic nitrogens is 2. The number of Topliss-reactive ketones (excluding diaryl/α,β-unsaturated/α-hetero) is 1. The van der Waals surface area contributed by atoms with Gasteiger partial charge in [0.25, 0.3) is 5.91 Å². The lowest BCUT2D eigenvalue weighted by molar-refractivity contribution is 0.101. The van der Waals surface area contributed by atoms with Gasteiger partial charge in [0.2, 0.25) is 5.95 Å². The molecule has 0 saturated carbocycles. The van der Waals surface area contributed by atoms with Crippen LogP contribution in [-0.2, 0) is 0 Å². The van der Waals surface area contributed by atoms with E-state index in [0.717, 1.165) is 13.0 Å². The van der Waals surface area contributed by atoms with Crippen LogP contribution in [0.15, 0.2) is 36.7 Å². The van der Waals surface area contributed by atoms with Gasteiger partial charge in [-0.15, -0.1) is 0 Å². The smallest absolute Gasteiger partial charge is 0.258 e. The fourth-order valence-corrected chi connectivity index (χ4v) is 2.03. The van der Waals surface area contributed by atoms with Crippen molar-refractivity contribution in [2.45, 2.75) is 27.2 Å². The molecular formula is C18H22N4O2. The van der Waals surface area contributed by atoms with E-state index in [1.54, 1.807) is 24.3 Å². The number of hydrogen-bond acceptors (Lipinski definition) is 5. The Hall–Kier alpha value is -2.76. The van der Waals surface area contributed by atoms with E-state index < -0.39 is 0 Å². The van der Waals surface area contributed by atoms with Gasteiger partial charge in [0.1, 0.15) is 0 Å². The van der Waals surface area contributed by atoms with E-state index >= 15 is 0 Å². The molecule has 1 heterocycles. The number of nitrogens with zero attached hydrogens (tertiary/aromatic N) is 2. The molecule has 0 spiro atoms. The molecule has 0 aliphatic heterocycles. The SMILES string of the molecule is CC(=O)c1cccc(NC(=O)c2cnc(NCCC(C)C)nc2)c1. The maximum atomic E-state index is 12.2. The van der Waals surface area contributed by atoms with E-state index in [2.05, 4.69) is 34.4 Å². The quantitative estimate of drug-likeness (QED) is 0.762. The summed E-state index contributed by atoms with van der Waals surface area (Å²) in [5.74, 6) is 0.745. The summed E-state index contributed by atoms with van der Waals surface area (Å²) in [4.78, 5) is 31.9. The second-order valence-corrected chi connectivity index (χ2v) is 6.00. The third-order valence-corrected chi connectivity index (χ3v) is 3.45. The molecule has 1 aromatic heterocycles. The van der Waals surface area contributed by atoms with E-state index in [9.17, 15) is 9.59 Å². The summed E-state index contributed by atoms with van der Waals surface area (Å²) in [6.45, 7) is 6.58. The fourth-order valence-electron chi connectivity index (χ4n) is 2.03. The number of amides is 1. The van der Waals surface area contributed by atoms with Crippen molar-refractivity contribution in [1.29, 1.82) is 0 Å². The standard InChI is InChI=1S/C18H22N4O2/c1-12(2)7-8-19-18-20-10-15(11-21-18)17(24)22-16-6-4-5-14(9-16)13(3)23/h4-6,9-12H,7-8H2,1-3H3,(H,22,24)(H,19,20,21). The molecule has 6 nitrogen and oxygen atoms in total. The van der Waals surface area contributed by atoms with Gasteiger partial charge in [-0.1, -0.05) is 26.0 Å². The van der Waals surface area contributed by atoms with E-state index in [1.165, 1.54) is 19.3 Å². The van der Waals surface area contributed by atoms with Crippen molar-refractivity contribution >= 4 is 23.3 Å². The molecule has 1 aromatic carbocycles. The highest BCUT2D eigenvalue weighted by molar-refractivity contribution is 6.04. The Kier molecular flexibility index (Phi) is 6.01. The summed E-state index contributed by atoms with van der Waals surface area (Å²) >= 11 is 0. The Bertz CT molecular complexity index is 711. The molecule has 2 rings (SSSR count).